The van der Waals surface area contributed by atoms with Crippen molar-refractivity contribution >= 4 is 29.8 Å². The summed E-state index contributed by atoms with van der Waals surface area (Å²) in [6.07, 6.45) is 24.3. The van der Waals surface area contributed by atoms with Crippen molar-refractivity contribution in [2.75, 3.05) is 13.2 Å². The first-order valence-electron chi connectivity index (χ1n) is 34.5. The van der Waals surface area contributed by atoms with Crippen LogP contribution >= 0.6 is 0 Å². The molecule has 498 valence electrons. The highest BCUT2D eigenvalue weighted by Crippen LogP contribution is 2.63. The molecule has 0 heterocycles. The van der Waals surface area contributed by atoms with Gasteiger partial charge in [0.25, 0.3) is 11.8 Å². The summed E-state index contributed by atoms with van der Waals surface area (Å²) >= 11 is 0. The highest BCUT2D eigenvalue weighted by atomic mass is 19.3. The largest absolute Gasteiger partial charge is 0.459 e. The summed E-state index contributed by atoms with van der Waals surface area (Å²) in [7, 11) is 0. The van der Waals surface area contributed by atoms with E-state index in [4.69, 9.17) is 14.2 Å². The minimum atomic E-state index is -2.94. The Labute approximate surface area is 519 Å². The van der Waals surface area contributed by atoms with Gasteiger partial charge in [-0.1, -0.05) is 96.9 Å². The fourth-order valence-electron chi connectivity index (χ4n) is 16.4. The summed E-state index contributed by atoms with van der Waals surface area (Å²) in [5, 5.41) is 0. The Morgan fingerprint density at radius 1 is 0.419 bits per heavy atom. The summed E-state index contributed by atoms with van der Waals surface area (Å²) in [6.45, 7) is 35.9. The van der Waals surface area contributed by atoms with Gasteiger partial charge in [-0.15, -0.1) is 0 Å². The van der Waals surface area contributed by atoms with Crippen molar-refractivity contribution in [3.63, 3.8) is 0 Å². The Morgan fingerprint density at radius 2 is 0.721 bits per heavy atom. The first-order valence-corrected chi connectivity index (χ1v) is 34.5. The van der Waals surface area contributed by atoms with Crippen molar-refractivity contribution < 1.29 is 65.2 Å². The van der Waals surface area contributed by atoms with Gasteiger partial charge in [0, 0.05) is 17.8 Å². The van der Waals surface area contributed by atoms with Gasteiger partial charge in [-0.3, -0.25) is 24.0 Å². The van der Waals surface area contributed by atoms with Crippen LogP contribution in [0.3, 0.4) is 0 Å². The molecule has 12 aliphatic carbocycles. The second-order valence-corrected chi connectivity index (χ2v) is 32.2. The van der Waals surface area contributed by atoms with Crippen LogP contribution in [0.2, 0.25) is 0 Å². The van der Waals surface area contributed by atoms with Gasteiger partial charge in [-0.2, -0.15) is 0 Å². The van der Waals surface area contributed by atoms with Crippen molar-refractivity contribution in [3.05, 3.63) is 0 Å². The summed E-state index contributed by atoms with van der Waals surface area (Å²) in [5.41, 5.74) is -1.65. The molecule has 12 bridgehead atoms. The molecule has 0 aromatic carbocycles. The first kappa shape index (κ1) is 73.8. The van der Waals surface area contributed by atoms with Gasteiger partial charge < -0.3 is 23.7 Å². The number of hydrogen-bond acceptors (Lipinski definition) is 10. The molecule has 12 fully saturated rings. The van der Waals surface area contributed by atoms with Crippen LogP contribution in [-0.2, 0) is 47.7 Å². The molecule has 11 atom stereocenters. The van der Waals surface area contributed by atoms with Crippen LogP contribution in [0, 0.1) is 111 Å². The van der Waals surface area contributed by atoms with Crippen LogP contribution in [-0.4, -0.2) is 71.7 Å². The van der Waals surface area contributed by atoms with Crippen molar-refractivity contribution in [1.29, 1.82) is 0 Å². The minimum absolute atomic E-state index is 0.0313. The van der Waals surface area contributed by atoms with Gasteiger partial charge in [0.05, 0.1) is 28.1 Å². The molecule has 86 heavy (non-hydrogen) atoms. The van der Waals surface area contributed by atoms with Crippen LogP contribution in [0.1, 0.15) is 273 Å². The number of rotatable bonds is 20. The van der Waals surface area contributed by atoms with E-state index in [0.717, 1.165) is 111 Å². The maximum Gasteiger partial charge on any atom is 0.312 e. The molecule has 0 saturated heterocycles. The average Bonchev–Trinajstić information content (AvgIpc) is 0.835. The number of alkyl halides is 4. The van der Waals surface area contributed by atoms with Gasteiger partial charge in [0.15, 0.2) is 13.2 Å². The standard InChI is InChI=1S/C18H30O2.C17H28O2.C16H26O2.C11H20F2O2.C10H18F2O2/c1-5-15-14-8-12-7-13(9-14)11-18(15,10-12)20-16(19)17(3,4)6-2;1-5-16(3,4)15(18)19-17-9-12-6-13(10-17)8-14(7-12)11(17)2;1-4-10(2)15(17)18-16-8-12-5-13(9-16)7-14(6-12)11(16)3;1-6-10(4,5)9(14)15-7-11(12,13)8(2)3;1-5-8(4)9(13)14-6-10(11,12)7(2)3/h12-15H,5-11H2,1-4H3;11-14H,5-10H2,1-4H3;10-14H,4-9H2,1-3H3;8H,6-7H2,1-5H3;7-8H,5-6H2,1-4H3. The van der Waals surface area contributed by atoms with E-state index in [2.05, 4.69) is 51.0 Å². The van der Waals surface area contributed by atoms with Crippen LogP contribution < -0.4 is 0 Å². The number of hydrogen-bond donors (Lipinski definition) is 0. The Hall–Kier alpha value is -2.93. The van der Waals surface area contributed by atoms with Gasteiger partial charge in [-0.25, -0.2) is 17.6 Å². The summed E-state index contributed by atoms with van der Waals surface area (Å²) in [6, 6.07) is 0. The topological polar surface area (TPSA) is 132 Å². The van der Waals surface area contributed by atoms with Gasteiger partial charge in [0.1, 0.15) is 16.8 Å². The SMILES string of the molecule is CCC(C)(C)C(=O)OC12CC3CC(CC(C3)C1C)C2.CCC(C)(C)C(=O)OCC(F)(F)C(C)C.CCC(C)C(=O)OC12CC3CC(CC(C3)C1C)C2.CCC(C)C(=O)OCC(F)(F)C(C)C.CCC1C2CC3CC(C2)CC1(OC(=O)C(C)(C)CC)C3. The van der Waals surface area contributed by atoms with Crippen LogP contribution in [0.15, 0.2) is 0 Å². The highest BCUT2D eigenvalue weighted by Gasteiger charge is 2.61. The molecule has 0 radical (unpaired) electrons. The molecule has 12 saturated carbocycles. The van der Waals surface area contributed by atoms with Crippen molar-refractivity contribution in [2.24, 2.45) is 111 Å². The maximum absolute atomic E-state index is 13.1. The third kappa shape index (κ3) is 17.4. The third-order valence-corrected chi connectivity index (χ3v) is 24.1. The smallest absolute Gasteiger partial charge is 0.312 e. The molecule has 0 amide bonds. The predicted molar refractivity (Wildman–Crippen MR) is 332 cm³/mol. The normalized spacial score (nSPS) is 34.2. The van der Waals surface area contributed by atoms with Crippen molar-refractivity contribution in [1.82, 2.24) is 0 Å². The van der Waals surface area contributed by atoms with E-state index in [1.807, 2.05) is 48.5 Å². The molecule has 0 N–H and O–H groups in total. The van der Waals surface area contributed by atoms with E-state index in [9.17, 15) is 41.5 Å². The number of esters is 5. The number of halogens is 4. The Morgan fingerprint density at radius 3 is 1.06 bits per heavy atom. The molecular weight excluding hydrogens is 1100 g/mol. The number of carbonyl (C=O) groups excluding carboxylic acids is 5. The number of carbonyl (C=O) groups is 5. The zero-order valence-corrected chi connectivity index (χ0v) is 57.6. The zero-order chi connectivity index (χ0) is 64.9. The lowest BCUT2D eigenvalue weighted by atomic mass is 9.49. The van der Waals surface area contributed by atoms with E-state index < -0.39 is 54.2 Å². The lowest BCUT2D eigenvalue weighted by Gasteiger charge is -2.60. The van der Waals surface area contributed by atoms with Crippen LogP contribution in [0.4, 0.5) is 17.6 Å². The van der Waals surface area contributed by atoms with E-state index in [1.165, 1.54) is 91.9 Å². The summed E-state index contributed by atoms with van der Waals surface area (Å²) < 4.78 is 79.9. The predicted octanol–water partition coefficient (Wildman–Crippen LogP) is 18.7. The van der Waals surface area contributed by atoms with E-state index >= 15 is 0 Å². The van der Waals surface area contributed by atoms with Gasteiger partial charge >= 0.3 is 29.8 Å². The number of ether oxygens (including phenoxy) is 5. The quantitative estimate of drug-likeness (QED) is 0.0659. The lowest BCUT2D eigenvalue weighted by molar-refractivity contribution is -0.216. The minimum Gasteiger partial charge on any atom is -0.459 e. The molecule has 0 spiro atoms. The van der Waals surface area contributed by atoms with Gasteiger partial charge in [0.2, 0.25) is 0 Å². The lowest BCUT2D eigenvalue weighted by Crippen LogP contribution is -2.59. The summed E-state index contributed by atoms with van der Waals surface area (Å²) in [4.78, 5) is 59.8. The van der Waals surface area contributed by atoms with E-state index in [1.54, 1.807) is 20.8 Å². The molecule has 12 rings (SSSR count). The van der Waals surface area contributed by atoms with Crippen molar-refractivity contribution in [2.45, 2.75) is 302 Å². The molecule has 10 nitrogen and oxygen atoms in total. The van der Waals surface area contributed by atoms with Gasteiger partial charge in [-0.05, 0) is 241 Å². The van der Waals surface area contributed by atoms with Crippen molar-refractivity contribution in [3.8, 4) is 0 Å². The van der Waals surface area contributed by atoms with Crippen LogP contribution in [0.25, 0.3) is 0 Å². The zero-order valence-electron chi connectivity index (χ0n) is 57.6. The molecule has 0 aromatic heterocycles. The molecular formula is C72H122F4O10. The Kier molecular flexibility index (Phi) is 25.0. The maximum atomic E-state index is 13.1. The Bertz CT molecular complexity index is 2210. The molecule has 11 unspecified atom stereocenters. The molecule has 0 aliphatic heterocycles. The van der Waals surface area contributed by atoms with E-state index in [-0.39, 0.29) is 57.4 Å². The fourth-order valence-corrected chi connectivity index (χ4v) is 16.4. The molecule has 0 aromatic rings. The fraction of sp³-hybridized carbons (Fsp3) is 0.931. The average molecular weight is 1220 g/mol. The van der Waals surface area contributed by atoms with E-state index in [0.29, 0.717) is 30.6 Å². The second-order valence-electron chi connectivity index (χ2n) is 32.2. The first-order chi connectivity index (χ1) is 39.7. The molecule has 12 aliphatic rings. The monoisotopic (exact) mass is 1220 g/mol. The highest BCUT2D eigenvalue weighted by molar-refractivity contribution is 5.77. The van der Waals surface area contributed by atoms with Crippen LogP contribution in [0.5, 0.6) is 0 Å². The second kappa shape index (κ2) is 29.1. The molecule has 14 heteroatoms. The Balaban J connectivity index is 0.000000198. The third-order valence-electron chi connectivity index (χ3n) is 24.1. The summed E-state index contributed by atoms with van der Waals surface area (Å²) in [5.74, 6) is 0.447.